The minimum Gasteiger partial charge on any atom is -0.490 e. The van der Waals surface area contributed by atoms with E-state index < -0.39 is 0 Å². The van der Waals surface area contributed by atoms with Crippen molar-refractivity contribution in [2.24, 2.45) is 5.10 Å². The highest BCUT2D eigenvalue weighted by Gasteiger charge is 2.42. The van der Waals surface area contributed by atoms with Gasteiger partial charge in [0.15, 0.2) is 11.5 Å². The molecule has 5 nitrogen and oxygen atoms in total. The minimum atomic E-state index is -0.342. The Morgan fingerprint density at radius 1 is 1.10 bits per heavy atom. The number of pyridine rings is 1. The highest BCUT2D eigenvalue weighted by Crippen LogP contribution is 2.50. The number of hydrogen-bond donors (Lipinski definition) is 0. The van der Waals surface area contributed by atoms with E-state index in [0.29, 0.717) is 6.61 Å². The minimum absolute atomic E-state index is 0.0978. The largest absolute Gasteiger partial charge is 0.490 e. The zero-order valence-electron chi connectivity index (χ0n) is 16.6. The molecule has 0 fully saturated rings. The fraction of sp³-hybridized carbons (Fsp3) is 0.250. The van der Waals surface area contributed by atoms with Gasteiger partial charge in [-0.3, -0.25) is 4.98 Å². The molecule has 3 heterocycles. The predicted octanol–water partition coefficient (Wildman–Crippen LogP) is 5.03. The van der Waals surface area contributed by atoms with Crippen molar-refractivity contribution in [1.82, 2.24) is 9.99 Å². The van der Waals surface area contributed by atoms with Crippen LogP contribution in [0.15, 0.2) is 72.1 Å². The van der Waals surface area contributed by atoms with E-state index in [-0.39, 0.29) is 12.3 Å². The third-order valence-corrected chi connectivity index (χ3v) is 5.43. The highest BCUT2D eigenvalue weighted by molar-refractivity contribution is 6.02. The molecule has 3 aromatic rings. The van der Waals surface area contributed by atoms with E-state index in [9.17, 15) is 0 Å². The predicted molar refractivity (Wildman–Crippen MR) is 112 cm³/mol. The van der Waals surface area contributed by atoms with E-state index in [2.05, 4.69) is 47.2 Å². The summed E-state index contributed by atoms with van der Waals surface area (Å²) in [5.74, 6) is 1.59. The van der Waals surface area contributed by atoms with Crippen LogP contribution in [0.5, 0.6) is 11.5 Å². The molecule has 2 aromatic carbocycles. The molecule has 0 unspecified atom stereocenters. The number of benzene rings is 2. The number of aryl methyl sites for hydroxylation is 1. The first-order valence-electron chi connectivity index (χ1n) is 9.99. The van der Waals surface area contributed by atoms with Crippen molar-refractivity contribution < 1.29 is 9.47 Å². The van der Waals surface area contributed by atoms with Crippen LogP contribution in [-0.2, 0) is 0 Å². The van der Waals surface area contributed by atoms with Crippen LogP contribution in [0.25, 0.3) is 0 Å². The number of ether oxygens (including phenoxy) is 2. The fourth-order valence-corrected chi connectivity index (χ4v) is 4.02. The molecular weight excluding hydrogens is 362 g/mol. The number of aromatic nitrogens is 1. The molecule has 0 amide bonds. The molecule has 2 atom stereocenters. The molecule has 0 spiro atoms. The van der Waals surface area contributed by atoms with Gasteiger partial charge in [0.2, 0.25) is 6.23 Å². The third-order valence-electron chi connectivity index (χ3n) is 5.43. The Labute approximate surface area is 170 Å². The normalized spacial score (nSPS) is 19.8. The molecule has 5 rings (SSSR count). The molecule has 0 aliphatic carbocycles. The summed E-state index contributed by atoms with van der Waals surface area (Å²) < 4.78 is 12.3. The zero-order valence-corrected chi connectivity index (χ0v) is 16.6. The molecule has 2 aliphatic heterocycles. The van der Waals surface area contributed by atoms with E-state index >= 15 is 0 Å². The molecule has 0 saturated heterocycles. The molecule has 0 radical (unpaired) electrons. The monoisotopic (exact) mass is 385 g/mol. The summed E-state index contributed by atoms with van der Waals surface area (Å²) in [6, 6.07) is 18.7. The average Bonchev–Trinajstić information content (AvgIpc) is 3.20. The number of para-hydroxylation sites is 1. The zero-order chi connectivity index (χ0) is 19.8. The summed E-state index contributed by atoms with van der Waals surface area (Å²) >= 11 is 0. The molecule has 5 heteroatoms. The van der Waals surface area contributed by atoms with Crippen LogP contribution in [0.4, 0.5) is 0 Å². The first kappa shape index (κ1) is 17.7. The second-order valence-corrected chi connectivity index (χ2v) is 7.38. The first-order valence-corrected chi connectivity index (χ1v) is 9.99. The lowest BCUT2D eigenvalue weighted by molar-refractivity contribution is -0.0214. The Morgan fingerprint density at radius 3 is 2.72 bits per heavy atom. The smallest absolute Gasteiger partial charge is 0.215 e. The number of fused-ring (bicyclic) bond motifs is 3. The van der Waals surface area contributed by atoms with Crippen LogP contribution in [0.2, 0.25) is 0 Å². The molecular formula is C24H23N3O2. The Bertz CT molecular complexity index is 1050. The van der Waals surface area contributed by atoms with E-state index in [1.807, 2.05) is 37.4 Å². The maximum atomic E-state index is 6.47. The molecule has 0 bridgehead atoms. The summed E-state index contributed by atoms with van der Waals surface area (Å²) in [5.41, 5.74) is 5.55. The van der Waals surface area contributed by atoms with Crippen LogP contribution < -0.4 is 9.47 Å². The van der Waals surface area contributed by atoms with Crippen molar-refractivity contribution in [3.05, 3.63) is 89.2 Å². The third kappa shape index (κ3) is 3.12. The number of nitrogens with zero attached hydrogens (tertiary/aromatic N) is 3. The fourth-order valence-electron chi connectivity index (χ4n) is 4.02. The van der Waals surface area contributed by atoms with Crippen LogP contribution >= 0.6 is 0 Å². The average molecular weight is 385 g/mol. The van der Waals surface area contributed by atoms with Gasteiger partial charge in [-0.1, -0.05) is 48.0 Å². The standard InChI is InChI=1S/C24H23N3O2/c1-3-28-22-8-4-7-19-21-14-20(17-11-9-16(2)10-12-17)26-27(21)24(29-23(19)22)18-6-5-13-25-15-18/h4-13,15,21,24H,3,14H2,1-2H3/t21-,24+/m0/s1. The summed E-state index contributed by atoms with van der Waals surface area (Å²) in [6.45, 7) is 4.68. The summed E-state index contributed by atoms with van der Waals surface area (Å²) in [5, 5.41) is 7.07. The lowest BCUT2D eigenvalue weighted by Gasteiger charge is -2.38. The second kappa shape index (κ2) is 7.24. The van der Waals surface area contributed by atoms with Crippen molar-refractivity contribution in [2.45, 2.75) is 32.5 Å². The first-order chi connectivity index (χ1) is 14.2. The maximum Gasteiger partial charge on any atom is 0.215 e. The summed E-state index contributed by atoms with van der Waals surface area (Å²) in [4.78, 5) is 4.29. The molecule has 0 saturated carbocycles. The summed E-state index contributed by atoms with van der Waals surface area (Å²) in [7, 11) is 0. The van der Waals surface area contributed by atoms with E-state index in [4.69, 9.17) is 14.6 Å². The van der Waals surface area contributed by atoms with Crippen molar-refractivity contribution in [2.75, 3.05) is 6.61 Å². The Kier molecular flexibility index (Phi) is 4.43. The Hall–Kier alpha value is -3.34. The quantitative estimate of drug-likeness (QED) is 0.632. The SMILES string of the molecule is CCOc1cccc2c1O[C@H](c1cccnc1)N1N=C(c3ccc(C)cc3)C[C@@H]21. The number of hydrazone groups is 1. The Morgan fingerprint density at radius 2 is 1.97 bits per heavy atom. The van der Waals surface area contributed by atoms with Crippen molar-refractivity contribution >= 4 is 5.71 Å². The van der Waals surface area contributed by atoms with Gasteiger partial charge in [0.05, 0.1) is 18.4 Å². The van der Waals surface area contributed by atoms with Crippen LogP contribution in [0, 0.1) is 6.92 Å². The lowest BCUT2D eigenvalue weighted by Crippen LogP contribution is -2.34. The van der Waals surface area contributed by atoms with Gasteiger partial charge in [-0.2, -0.15) is 5.10 Å². The van der Waals surface area contributed by atoms with Crippen molar-refractivity contribution in [3.8, 4) is 11.5 Å². The van der Waals surface area contributed by atoms with Gasteiger partial charge in [0.1, 0.15) is 0 Å². The summed E-state index contributed by atoms with van der Waals surface area (Å²) in [6.07, 6.45) is 4.10. The van der Waals surface area contributed by atoms with Crippen LogP contribution in [0.3, 0.4) is 0 Å². The van der Waals surface area contributed by atoms with Crippen molar-refractivity contribution in [1.29, 1.82) is 0 Å². The van der Waals surface area contributed by atoms with Gasteiger partial charge >= 0.3 is 0 Å². The highest BCUT2D eigenvalue weighted by atomic mass is 16.5. The van der Waals surface area contributed by atoms with Crippen LogP contribution in [-0.4, -0.2) is 22.3 Å². The van der Waals surface area contributed by atoms with Crippen LogP contribution in [0.1, 0.15) is 47.9 Å². The topological polar surface area (TPSA) is 47.0 Å². The van der Waals surface area contributed by atoms with Gasteiger partial charge in [-0.05, 0) is 31.5 Å². The Balaban J connectivity index is 1.60. The number of rotatable bonds is 4. The van der Waals surface area contributed by atoms with Gasteiger partial charge in [0, 0.05) is 29.9 Å². The van der Waals surface area contributed by atoms with Gasteiger partial charge in [-0.25, -0.2) is 5.01 Å². The lowest BCUT2D eigenvalue weighted by atomic mass is 9.95. The molecule has 146 valence electrons. The number of hydrogen-bond acceptors (Lipinski definition) is 5. The van der Waals surface area contributed by atoms with E-state index in [1.165, 1.54) is 5.56 Å². The molecule has 1 aromatic heterocycles. The van der Waals surface area contributed by atoms with Gasteiger partial charge < -0.3 is 9.47 Å². The van der Waals surface area contributed by atoms with Crippen molar-refractivity contribution in [3.63, 3.8) is 0 Å². The van der Waals surface area contributed by atoms with Gasteiger partial charge in [0.25, 0.3) is 0 Å². The van der Waals surface area contributed by atoms with Gasteiger partial charge in [-0.15, -0.1) is 0 Å². The van der Waals surface area contributed by atoms with E-state index in [1.54, 1.807) is 6.20 Å². The molecule has 2 aliphatic rings. The maximum absolute atomic E-state index is 6.47. The molecule has 29 heavy (non-hydrogen) atoms. The van der Waals surface area contributed by atoms with E-state index in [0.717, 1.165) is 40.3 Å². The molecule has 0 N–H and O–H groups in total. The second-order valence-electron chi connectivity index (χ2n) is 7.38.